The first-order valence-electron chi connectivity index (χ1n) is 7.62. The molecule has 1 saturated heterocycles. The molecule has 1 fully saturated rings. The molecule has 3 nitrogen and oxygen atoms in total. The first kappa shape index (κ1) is 19.3. The van der Waals surface area contributed by atoms with E-state index in [0.29, 0.717) is 11.6 Å². The Labute approximate surface area is 145 Å². The van der Waals surface area contributed by atoms with Crippen LogP contribution in [0, 0.1) is 0 Å². The highest BCUT2D eigenvalue weighted by Gasteiger charge is 2.13. The normalized spacial score (nSPS) is 16.1. The third-order valence-electron chi connectivity index (χ3n) is 3.87. The van der Waals surface area contributed by atoms with Crippen LogP contribution in [0.3, 0.4) is 0 Å². The number of hydrogen-bond donors (Lipinski definition) is 0. The minimum atomic E-state index is 0. The molecule has 0 aromatic heterocycles. The average Bonchev–Trinajstić information content (AvgIpc) is 2.48. The Morgan fingerprint density at radius 2 is 2.00 bits per heavy atom. The number of halogens is 2. The van der Waals surface area contributed by atoms with Gasteiger partial charge in [-0.25, -0.2) is 0 Å². The summed E-state index contributed by atoms with van der Waals surface area (Å²) in [6.07, 6.45) is 3.69. The molecule has 22 heavy (non-hydrogen) atoms. The van der Waals surface area contributed by atoms with Gasteiger partial charge in [0.15, 0.2) is 0 Å². The Morgan fingerprint density at radius 3 is 2.68 bits per heavy atom. The molecule has 1 heterocycles. The third kappa shape index (κ3) is 5.81. The number of piperazine rings is 1. The summed E-state index contributed by atoms with van der Waals surface area (Å²) in [6.45, 7) is 10.2. The Balaban J connectivity index is 0.00000242. The van der Waals surface area contributed by atoms with Crippen molar-refractivity contribution in [2.75, 3.05) is 46.4 Å². The lowest BCUT2D eigenvalue weighted by Gasteiger charge is -2.32. The van der Waals surface area contributed by atoms with Gasteiger partial charge in [0.2, 0.25) is 0 Å². The average molecular weight is 345 g/mol. The zero-order valence-corrected chi connectivity index (χ0v) is 14.8. The van der Waals surface area contributed by atoms with Crippen molar-refractivity contribution in [3.63, 3.8) is 0 Å². The summed E-state index contributed by atoms with van der Waals surface area (Å²) in [5.41, 5.74) is 1.11. The van der Waals surface area contributed by atoms with Gasteiger partial charge in [-0.05, 0) is 31.5 Å². The number of allylic oxidation sites excluding steroid dienone is 1. The molecule has 0 amide bonds. The maximum atomic E-state index is 6.23. The van der Waals surface area contributed by atoms with Crippen molar-refractivity contribution in [3.05, 3.63) is 41.4 Å². The van der Waals surface area contributed by atoms with E-state index in [1.807, 2.05) is 24.3 Å². The van der Waals surface area contributed by atoms with Gasteiger partial charge < -0.3 is 14.5 Å². The molecule has 0 N–H and O–H groups in total. The quantitative estimate of drug-likeness (QED) is 0.556. The number of benzene rings is 1. The van der Waals surface area contributed by atoms with Gasteiger partial charge in [-0.1, -0.05) is 29.8 Å². The van der Waals surface area contributed by atoms with E-state index in [9.17, 15) is 0 Å². The molecule has 0 atom stereocenters. The van der Waals surface area contributed by atoms with Crippen LogP contribution in [-0.2, 0) is 6.42 Å². The van der Waals surface area contributed by atoms with Gasteiger partial charge in [-0.3, -0.25) is 0 Å². The van der Waals surface area contributed by atoms with Crippen LogP contribution in [-0.4, -0.2) is 56.2 Å². The van der Waals surface area contributed by atoms with Crippen molar-refractivity contribution in [3.8, 4) is 5.75 Å². The zero-order chi connectivity index (χ0) is 15.1. The molecule has 1 aliphatic rings. The summed E-state index contributed by atoms with van der Waals surface area (Å²) in [7, 11) is 2.18. The fourth-order valence-corrected chi connectivity index (χ4v) is 2.81. The molecule has 0 radical (unpaired) electrons. The van der Waals surface area contributed by atoms with Crippen LogP contribution >= 0.6 is 24.0 Å². The number of para-hydroxylation sites is 1. The molecule has 124 valence electrons. The molecular formula is C17H26Cl2N2O. The highest BCUT2D eigenvalue weighted by atomic mass is 35.5. The SMILES string of the molecule is C=CCc1cccc(Cl)c1OCCCN1CCN(C)CC1.Cl. The Hall–Kier alpha value is -0.740. The highest BCUT2D eigenvalue weighted by Crippen LogP contribution is 2.29. The number of likely N-dealkylation sites (N-methyl/N-ethyl adjacent to an activating group) is 1. The predicted octanol–water partition coefficient (Wildman–Crippen LogP) is 3.51. The lowest BCUT2D eigenvalue weighted by atomic mass is 10.1. The minimum absolute atomic E-state index is 0. The van der Waals surface area contributed by atoms with E-state index in [0.717, 1.165) is 56.9 Å². The molecule has 1 aliphatic heterocycles. The minimum Gasteiger partial charge on any atom is -0.492 e. The van der Waals surface area contributed by atoms with Gasteiger partial charge >= 0.3 is 0 Å². The van der Waals surface area contributed by atoms with E-state index in [2.05, 4.69) is 23.4 Å². The molecule has 0 unspecified atom stereocenters. The molecule has 5 heteroatoms. The fraction of sp³-hybridized carbons (Fsp3) is 0.529. The Kier molecular flexibility index (Phi) is 8.88. The smallest absolute Gasteiger partial charge is 0.141 e. The fourth-order valence-electron chi connectivity index (χ4n) is 2.57. The summed E-state index contributed by atoms with van der Waals surface area (Å²) >= 11 is 6.23. The van der Waals surface area contributed by atoms with E-state index in [4.69, 9.17) is 16.3 Å². The molecule has 1 aromatic carbocycles. The van der Waals surface area contributed by atoms with Crippen LogP contribution in [0.5, 0.6) is 5.75 Å². The van der Waals surface area contributed by atoms with Crippen molar-refractivity contribution in [1.82, 2.24) is 9.80 Å². The summed E-state index contributed by atoms with van der Waals surface area (Å²) in [6, 6.07) is 5.88. The monoisotopic (exact) mass is 344 g/mol. The molecule has 2 rings (SSSR count). The van der Waals surface area contributed by atoms with Crippen LogP contribution in [0.15, 0.2) is 30.9 Å². The highest BCUT2D eigenvalue weighted by molar-refractivity contribution is 6.32. The summed E-state index contributed by atoms with van der Waals surface area (Å²) in [4.78, 5) is 4.87. The van der Waals surface area contributed by atoms with E-state index >= 15 is 0 Å². The largest absolute Gasteiger partial charge is 0.492 e. The summed E-state index contributed by atoms with van der Waals surface area (Å²) in [5.74, 6) is 0.817. The topological polar surface area (TPSA) is 15.7 Å². The lowest BCUT2D eigenvalue weighted by Crippen LogP contribution is -2.44. The van der Waals surface area contributed by atoms with E-state index < -0.39 is 0 Å². The van der Waals surface area contributed by atoms with E-state index in [1.54, 1.807) is 0 Å². The van der Waals surface area contributed by atoms with Crippen molar-refractivity contribution in [1.29, 1.82) is 0 Å². The number of hydrogen-bond acceptors (Lipinski definition) is 3. The van der Waals surface area contributed by atoms with Gasteiger partial charge in [0, 0.05) is 32.7 Å². The van der Waals surface area contributed by atoms with Crippen molar-refractivity contribution in [2.45, 2.75) is 12.8 Å². The maximum absolute atomic E-state index is 6.23. The second-order valence-electron chi connectivity index (χ2n) is 5.57. The molecule has 0 aliphatic carbocycles. The molecule has 0 saturated carbocycles. The molecule has 1 aromatic rings. The van der Waals surface area contributed by atoms with Crippen molar-refractivity contribution < 1.29 is 4.74 Å². The number of ether oxygens (including phenoxy) is 1. The maximum Gasteiger partial charge on any atom is 0.141 e. The van der Waals surface area contributed by atoms with Crippen LogP contribution < -0.4 is 4.74 Å². The van der Waals surface area contributed by atoms with Crippen LogP contribution in [0.2, 0.25) is 5.02 Å². The summed E-state index contributed by atoms with van der Waals surface area (Å²) < 4.78 is 5.92. The van der Waals surface area contributed by atoms with Gasteiger partial charge in [-0.15, -0.1) is 19.0 Å². The second kappa shape index (κ2) is 10.1. The van der Waals surface area contributed by atoms with Crippen molar-refractivity contribution in [2.24, 2.45) is 0 Å². The Morgan fingerprint density at radius 1 is 1.27 bits per heavy atom. The molecule has 0 spiro atoms. The van der Waals surface area contributed by atoms with Gasteiger partial charge in [0.1, 0.15) is 5.75 Å². The molecular weight excluding hydrogens is 319 g/mol. The predicted molar refractivity (Wildman–Crippen MR) is 96.7 cm³/mol. The first-order valence-corrected chi connectivity index (χ1v) is 8.00. The van der Waals surface area contributed by atoms with Crippen LogP contribution in [0.4, 0.5) is 0 Å². The van der Waals surface area contributed by atoms with Gasteiger partial charge in [0.05, 0.1) is 11.6 Å². The van der Waals surface area contributed by atoms with E-state index in [-0.39, 0.29) is 12.4 Å². The zero-order valence-electron chi connectivity index (χ0n) is 13.3. The number of rotatable bonds is 7. The Bertz CT molecular complexity index is 460. The van der Waals surface area contributed by atoms with Gasteiger partial charge in [0.25, 0.3) is 0 Å². The van der Waals surface area contributed by atoms with Crippen molar-refractivity contribution >= 4 is 24.0 Å². The third-order valence-corrected chi connectivity index (χ3v) is 4.17. The standard InChI is InChI=1S/C17H25ClN2O.ClH/c1-3-6-15-7-4-8-16(18)17(15)21-14-5-9-20-12-10-19(2)11-13-20;/h3-4,7-8H,1,5-6,9-14H2,2H3;1H. The van der Waals surface area contributed by atoms with Crippen LogP contribution in [0.1, 0.15) is 12.0 Å². The van der Waals surface area contributed by atoms with E-state index in [1.165, 1.54) is 0 Å². The second-order valence-corrected chi connectivity index (χ2v) is 5.98. The van der Waals surface area contributed by atoms with Gasteiger partial charge in [-0.2, -0.15) is 0 Å². The first-order chi connectivity index (χ1) is 10.2. The number of nitrogens with zero attached hydrogens (tertiary/aromatic N) is 2. The van der Waals surface area contributed by atoms with Crippen LogP contribution in [0.25, 0.3) is 0 Å². The summed E-state index contributed by atoms with van der Waals surface area (Å²) in [5, 5.41) is 0.689. The lowest BCUT2D eigenvalue weighted by molar-refractivity contribution is 0.145. The molecule has 0 bridgehead atoms.